The fraction of sp³-hybridized carbons (Fsp3) is 0.500. The van der Waals surface area contributed by atoms with Crippen LogP contribution in [0.15, 0.2) is 11.1 Å². The lowest BCUT2D eigenvalue weighted by molar-refractivity contribution is -0.139. The molecule has 1 rings (SSSR count). The fourth-order valence-corrected chi connectivity index (χ4v) is 2.83. The number of hydrogen-bond acceptors (Lipinski definition) is 5. The first-order valence-corrected chi connectivity index (χ1v) is 7.00. The molecule has 1 heterocycles. The number of esters is 1. The van der Waals surface area contributed by atoms with Gasteiger partial charge in [0.1, 0.15) is 9.72 Å². The standard InChI is InChI=1S/C8H12BrN3O4S/c1-5-7(4-10-12-5)17(14,15)11-3-6(9)8(13)16-2/h4,6,11H,3H2,1-2H3,(H,10,12). The van der Waals surface area contributed by atoms with Gasteiger partial charge in [0, 0.05) is 6.54 Å². The van der Waals surface area contributed by atoms with Crippen molar-refractivity contribution in [3.8, 4) is 0 Å². The van der Waals surface area contributed by atoms with Gasteiger partial charge in [-0.05, 0) is 6.92 Å². The number of methoxy groups -OCH3 is 1. The molecule has 1 unspecified atom stereocenters. The zero-order valence-corrected chi connectivity index (χ0v) is 11.6. The van der Waals surface area contributed by atoms with Crippen LogP contribution in [0.1, 0.15) is 5.69 Å². The van der Waals surface area contributed by atoms with Gasteiger partial charge in [0.05, 0.1) is 19.0 Å². The number of halogens is 1. The first-order chi connectivity index (χ1) is 7.88. The molecule has 17 heavy (non-hydrogen) atoms. The molecule has 0 radical (unpaired) electrons. The number of carbonyl (C=O) groups is 1. The van der Waals surface area contributed by atoms with E-state index in [1.165, 1.54) is 13.3 Å². The molecule has 7 nitrogen and oxygen atoms in total. The molecule has 0 aliphatic rings. The summed E-state index contributed by atoms with van der Waals surface area (Å²) < 4.78 is 30.3. The maximum Gasteiger partial charge on any atom is 0.320 e. The molecule has 0 saturated heterocycles. The molecule has 0 aliphatic carbocycles. The second-order valence-electron chi connectivity index (χ2n) is 3.20. The van der Waals surface area contributed by atoms with Crippen LogP contribution in [0.4, 0.5) is 0 Å². The Hall–Kier alpha value is -0.930. The minimum Gasteiger partial charge on any atom is -0.468 e. The van der Waals surface area contributed by atoms with E-state index in [0.717, 1.165) is 0 Å². The van der Waals surface area contributed by atoms with E-state index in [1.54, 1.807) is 6.92 Å². The van der Waals surface area contributed by atoms with Gasteiger partial charge in [-0.3, -0.25) is 9.89 Å². The van der Waals surface area contributed by atoms with Crippen molar-refractivity contribution in [2.24, 2.45) is 0 Å². The maximum absolute atomic E-state index is 11.8. The third-order valence-electron chi connectivity index (χ3n) is 1.98. The Morgan fingerprint density at radius 1 is 1.71 bits per heavy atom. The fourth-order valence-electron chi connectivity index (χ4n) is 1.08. The average molecular weight is 326 g/mol. The number of aromatic nitrogens is 2. The normalized spacial score (nSPS) is 13.4. The van der Waals surface area contributed by atoms with Gasteiger partial charge in [0.25, 0.3) is 0 Å². The third kappa shape index (κ3) is 3.51. The van der Waals surface area contributed by atoms with Crippen molar-refractivity contribution in [3.63, 3.8) is 0 Å². The smallest absolute Gasteiger partial charge is 0.320 e. The molecule has 0 aliphatic heterocycles. The van der Waals surface area contributed by atoms with E-state index in [2.05, 4.69) is 35.6 Å². The number of alkyl halides is 1. The molecule has 0 spiro atoms. The molecule has 0 amide bonds. The van der Waals surface area contributed by atoms with Crippen molar-refractivity contribution >= 4 is 31.9 Å². The molecule has 0 fully saturated rings. The van der Waals surface area contributed by atoms with Crippen molar-refractivity contribution in [2.45, 2.75) is 16.6 Å². The average Bonchev–Trinajstić information content (AvgIpc) is 2.72. The second-order valence-corrected chi connectivity index (χ2v) is 6.04. The quantitative estimate of drug-likeness (QED) is 0.583. The molecule has 1 aromatic heterocycles. The van der Waals surface area contributed by atoms with E-state index in [4.69, 9.17) is 0 Å². The largest absolute Gasteiger partial charge is 0.468 e. The topological polar surface area (TPSA) is 101 Å². The molecule has 1 atom stereocenters. The molecule has 1 aromatic rings. The highest BCUT2D eigenvalue weighted by Gasteiger charge is 2.22. The van der Waals surface area contributed by atoms with E-state index in [0.29, 0.717) is 5.69 Å². The molecular formula is C8H12BrN3O4S. The van der Waals surface area contributed by atoms with Crippen LogP contribution in [0.5, 0.6) is 0 Å². The number of aromatic amines is 1. The number of nitrogens with zero attached hydrogens (tertiary/aromatic N) is 1. The molecule has 0 aromatic carbocycles. The second kappa shape index (κ2) is 5.61. The summed E-state index contributed by atoms with van der Waals surface area (Å²) in [5.41, 5.74) is 0.432. The Labute approximate surface area is 107 Å². The van der Waals surface area contributed by atoms with Crippen molar-refractivity contribution in [2.75, 3.05) is 13.7 Å². The van der Waals surface area contributed by atoms with E-state index in [1.807, 2.05) is 0 Å². The Morgan fingerprint density at radius 3 is 2.82 bits per heavy atom. The number of carbonyl (C=O) groups excluding carboxylic acids is 1. The summed E-state index contributed by atoms with van der Waals surface area (Å²) in [7, 11) is -2.44. The van der Waals surface area contributed by atoms with Crippen LogP contribution in [-0.2, 0) is 19.6 Å². The van der Waals surface area contributed by atoms with Crippen molar-refractivity contribution in [1.82, 2.24) is 14.9 Å². The van der Waals surface area contributed by atoms with Crippen LogP contribution in [0, 0.1) is 6.92 Å². The summed E-state index contributed by atoms with van der Waals surface area (Å²) in [6, 6.07) is 0. The van der Waals surface area contributed by atoms with Gasteiger partial charge in [-0.15, -0.1) is 0 Å². The third-order valence-corrected chi connectivity index (χ3v) is 4.22. The summed E-state index contributed by atoms with van der Waals surface area (Å²) in [6.45, 7) is 1.49. The van der Waals surface area contributed by atoms with E-state index < -0.39 is 20.8 Å². The van der Waals surface area contributed by atoms with Crippen LogP contribution >= 0.6 is 15.9 Å². The predicted octanol–water partition coefficient (Wildman–Crippen LogP) is -0.0671. The van der Waals surface area contributed by atoms with Gasteiger partial charge in [0.15, 0.2) is 0 Å². The summed E-state index contributed by atoms with van der Waals surface area (Å²) in [5, 5.41) is 6.14. The van der Waals surface area contributed by atoms with E-state index in [9.17, 15) is 13.2 Å². The maximum atomic E-state index is 11.8. The van der Waals surface area contributed by atoms with Crippen LogP contribution < -0.4 is 4.72 Å². The van der Waals surface area contributed by atoms with Gasteiger partial charge in [-0.25, -0.2) is 13.1 Å². The first-order valence-electron chi connectivity index (χ1n) is 4.60. The van der Waals surface area contributed by atoms with E-state index in [-0.39, 0.29) is 11.4 Å². The number of sulfonamides is 1. The van der Waals surface area contributed by atoms with Crippen molar-refractivity contribution in [3.05, 3.63) is 11.9 Å². The minimum atomic E-state index is -3.67. The number of H-pyrrole nitrogens is 1. The lowest BCUT2D eigenvalue weighted by Gasteiger charge is -2.09. The van der Waals surface area contributed by atoms with Crippen LogP contribution in [0.3, 0.4) is 0 Å². The molecule has 9 heteroatoms. The molecule has 2 N–H and O–H groups in total. The molecule has 0 bridgehead atoms. The van der Waals surface area contributed by atoms with Gasteiger partial charge in [-0.2, -0.15) is 5.10 Å². The lowest BCUT2D eigenvalue weighted by Crippen LogP contribution is -2.34. The number of hydrogen-bond donors (Lipinski definition) is 2. The highest BCUT2D eigenvalue weighted by Crippen LogP contribution is 2.11. The van der Waals surface area contributed by atoms with E-state index >= 15 is 0 Å². The number of rotatable bonds is 5. The van der Waals surface area contributed by atoms with Gasteiger partial charge >= 0.3 is 5.97 Å². The van der Waals surface area contributed by atoms with Crippen LogP contribution in [0.2, 0.25) is 0 Å². The Balaban J connectivity index is 2.70. The zero-order chi connectivity index (χ0) is 13.1. The Bertz CT molecular complexity index is 499. The highest BCUT2D eigenvalue weighted by atomic mass is 79.9. The van der Waals surface area contributed by atoms with Gasteiger partial charge in [-0.1, -0.05) is 15.9 Å². The summed E-state index contributed by atoms with van der Waals surface area (Å²) in [5.74, 6) is -0.545. The van der Waals surface area contributed by atoms with Crippen molar-refractivity contribution < 1.29 is 17.9 Å². The number of nitrogens with one attached hydrogen (secondary N) is 2. The molecule has 96 valence electrons. The number of aryl methyl sites for hydroxylation is 1. The lowest BCUT2D eigenvalue weighted by atomic mass is 10.4. The Morgan fingerprint density at radius 2 is 2.35 bits per heavy atom. The van der Waals surface area contributed by atoms with Crippen LogP contribution in [-0.4, -0.2) is 43.1 Å². The highest BCUT2D eigenvalue weighted by molar-refractivity contribution is 9.10. The summed E-state index contributed by atoms with van der Waals surface area (Å²) >= 11 is 3.01. The van der Waals surface area contributed by atoms with Crippen molar-refractivity contribution in [1.29, 1.82) is 0 Å². The predicted molar refractivity (Wildman–Crippen MR) is 63.2 cm³/mol. The summed E-state index contributed by atoms with van der Waals surface area (Å²) in [6.07, 6.45) is 1.21. The van der Waals surface area contributed by atoms with Gasteiger partial charge in [0.2, 0.25) is 10.0 Å². The van der Waals surface area contributed by atoms with Gasteiger partial charge < -0.3 is 4.74 Å². The van der Waals surface area contributed by atoms with Crippen LogP contribution in [0.25, 0.3) is 0 Å². The monoisotopic (exact) mass is 325 g/mol. The Kier molecular flexibility index (Phi) is 4.66. The minimum absolute atomic E-state index is 0.0575. The molecular weight excluding hydrogens is 314 g/mol. The number of ether oxygens (including phenoxy) is 1. The molecule has 0 saturated carbocycles. The SMILES string of the molecule is COC(=O)C(Br)CNS(=O)(=O)c1cn[nH]c1C. The first kappa shape index (κ1) is 14.1. The summed E-state index contributed by atoms with van der Waals surface area (Å²) in [4.78, 5) is 10.4. The zero-order valence-electron chi connectivity index (χ0n) is 9.23.